The molecule has 1 aromatic heterocycles. The number of nitrogens with two attached hydrogens (primary N) is 1. The molecule has 1 unspecified atom stereocenters. The molecule has 0 aliphatic carbocycles. The second kappa shape index (κ2) is 7.83. The monoisotopic (exact) mass is 365 g/mol. The summed E-state index contributed by atoms with van der Waals surface area (Å²) in [6.07, 6.45) is 1.14. The van der Waals surface area contributed by atoms with E-state index in [2.05, 4.69) is 14.9 Å². The number of hydrogen-bond donors (Lipinski definition) is 2. The number of aliphatic hydroxyl groups excluding tert-OH is 1. The van der Waals surface area contributed by atoms with Gasteiger partial charge in [-0.15, -0.1) is 11.3 Å². The first-order chi connectivity index (χ1) is 11.6. The lowest BCUT2D eigenvalue weighted by Crippen LogP contribution is -2.51. The van der Waals surface area contributed by atoms with Gasteiger partial charge in [0, 0.05) is 42.8 Å². The van der Waals surface area contributed by atoms with Gasteiger partial charge in [-0.05, 0) is 17.7 Å². The Hall–Kier alpha value is -1.83. The number of piperazine rings is 1. The number of aliphatic imine (C=N–C) groups is 1. The second-order valence-corrected chi connectivity index (χ2v) is 6.86. The fourth-order valence-electron chi connectivity index (χ4n) is 2.57. The Kier molecular flexibility index (Phi) is 5.55. The molecule has 1 aliphatic rings. The highest BCUT2D eigenvalue weighted by Gasteiger charge is 2.20. The van der Waals surface area contributed by atoms with E-state index in [1.807, 2.05) is 16.5 Å². The molecule has 1 aromatic carbocycles. The van der Waals surface area contributed by atoms with E-state index in [4.69, 9.17) is 17.3 Å². The van der Waals surface area contributed by atoms with E-state index >= 15 is 0 Å². The first-order valence-electron chi connectivity index (χ1n) is 7.76. The van der Waals surface area contributed by atoms with Crippen molar-refractivity contribution in [1.82, 2.24) is 9.88 Å². The third-order valence-corrected chi connectivity index (χ3v) is 5.06. The molecule has 2 aromatic rings. The van der Waals surface area contributed by atoms with Crippen LogP contribution in [0.25, 0.3) is 0 Å². The van der Waals surface area contributed by atoms with Crippen LogP contribution in [0, 0.1) is 0 Å². The van der Waals surface area contributed by atoms with Gasteiger partial charge in [-0.1, -0.05) is 23.7 Å². The van der Waals surface area contributed by atoms with Crippen LogP contribution < -0.4 is 10.6 Å². The predicted octanol–water partition coefficient (Wildman–Crippen LogP) is 1.97. The summed E-state index contributed by atoms with van der Waals surface area (Å²) in [5.41, 5.74) is 6.86. The maximum absolute atomic E-state index is 10.2. The van der Waals surface area contributed by atoms with E-state index < -0.39 is 6.10 Å². The largest absolute Gasteiger partial charge is 0.386 e. The summed E-state index contributed by atoms with van der Waals surface area (Å²) in [4.78, 5) is 13.0. The number of nitrogens with zero attached hydrogens (tertiary/aromatic N) is 4. The van der Waals surface area contributed by atoms with Crippen molar-refractivity contribution < 1.29 is 5.11 Å². The molecule has 0 radical (unpaired) electrons. The van der Waals surface area contributed by atoms with Crippen molar-refractivity contribution in [3.05, 3.63) is 46.4 Å². The standard InChI is InChI=1S/C16H20ClN5OS/c17-13-3-1-12(2-4-13)14(23)11-20-15(18)21-6-8-22(9-7-21)16-19-5-10-24-16/h1-5,10,14,23H,6-9,11H2,(H2,18,20). The molecule has 6 nitrogen and oxygen atoms in total. The van der Waals surface area contributed by atoms with Gasteiger partial charge >= 0.3 is 0 Å². The van der Waals surface area contributed by atoms with Crippen molar-refractivity contribution in [1.29, 1.82) is 0 Å². The summed E-state index contributed by atoms with van der Waals surface area (Å²) >= 11 is 7.49. The van der Waals surface area contributed by atoms with Crippen molar-refractivity contribution in [2.75, 3.05) is 37.6 Å². The number of anilines is 1. The smallest absolute Gasteiger partial charge is 0.191 e. The van der Waals surface area contributed by atoms with Crippen LogP contribution in [-0.4, -0.2) is 53.7 Å². The van der Waals surface area contributed by atoms with Crippen molar-refractivity contribution in [3.63, 3.8) is 0 Å². The Morgan fingerprint density at radius 3 is 2.62 bits per heavy atom. The lowest BCUT2D eigenvalue weighted by Gasteiger charge is -2.35. The van der Waals surface area contributed by atoms with E-state index in [-0.39, 0.29) is 6.54 Å². The fraction of sp³-hybridized carbons (Fsp3) is 0.375. The predicted molar refractivity (Wildman–Crippen MR) is 98.8 cm³/mol. The Labute approximate surface area is 150 Å². The zero-order valence-corrected chi connectivity index (χ0v) is 14.7. The summed E-state index contributed by atoms with van der Waals surface area (Å²) in [7, 11) is 0. The molecule has 3 rings (SSSR count). The van der Waals surface area contributed by atoms with Crippen LogP contribution in [0.2, 0.25) is 5.02 Å². The van der Waals surface area contributed by atoms with Crippen molar-refractivity contribution in [3.8, 4) is 0 Å². The Morgan fingerprint density at radius 2 is 2.00 bits per heavy atom. The van der Waals surface area contributed by atoms with Crippen LogP contribution in [0.4, 0.5) is 5.13 Å². The average molecular weight is 366 g/mol. The number of rotatable bonds is 4. The quantitative estimate of drug-likeness (QED) is 0.639. The Balaban J connectivity index is 1.52. The van der Waals surface area contributed by atoms with Gasteiger partial charge in [-0.2, -0.15) is 0 Å². The van der Waals surface area contributed by atoms with Crippen LogP contribution in [0.5, 0.6) is 0 Å². The van der Waals surface area contributed by atoms with Gasteiger partial charge in [-0.3, -0.25) is 4.99 Å². The van der Waals surface area contributed by atoms with Crippen LogP contribution in [-0.2, 0) is 0 Å². The molecule has 1 fully saturated rings. The van der Waals surface area contributed by atoms with Gasteiger partial charge in [0.2, 0.25) is 0 Å². The lowest BCUT2D eigenvalue weighted by atomic mass is 10.1. The molecule has 3 N–H and O–H groups in total. The molecule has 8 heteroatoms. The zero-order chi connectivity index (χ0) is 16.9. The SMILES string of the molecule is NC(=NCC(O)c1ccc(Cl)cc1)N1CCN(c2nccs2)CC1. The molecule has 1 atom stereocenters. The number of aliphatic hydroxyl groups is 1. The second-order valence-electron chi connectivity index (χ2n) is 5.56. The van der Waals surface area contributed by atoms with Crippen molar-refractivity contribution in [2.24, 2.45) is 10.7 Å². The minimum absolute atomic E-state index is 0.236. The average Bonchev–Trinajstić information content (AvgIpc) is 3.15. The van der Waals surface area contributed by atoms with Crippen LogP contribution in [0.15, 0.2) is 40.8 Å². The van der Waals surface area contributed by atoms with E-state index in [1.54, 1.807) is 35.6 Å². The topological polar surface area (TPSA) is 78.0 Å². The highest BCUT2D eigenvalue weighted by molar-refractivity contribution is 7.13. The number of benzene rings is 1. The van der Waals surface area contributed by atoms with Gasteiger partial charge in [0.25, 0.3) is 0 Å². The van der Waals surface area contributed by atoms with Gasteiger partial charge in [0.05, 0.1) is 12.6 Å². The summed E-state index contributed by atoms with van der Waals surface area (Å²) in [5, 5.41) is 13.9. The van der Waals surface area contributed by atoms with Gasteiger partial charge in [0.15, 0.2) is 11.1 Å². The van der Waals surface area contributed by atoms with Crippen LogP contribution in [0.1, 0.15) is 11.7 Å². The molecule has 24 heavy (non-hydrogen) atoms. The summed E-state index contributed by atoms with van der Waals surface area (Å²) in [6, 6.07) is 7.10. The van der Waals surface area contributed by atoms with E-state index in [1.165, 1.54) is 0 Å². The normalized spacial score (nSPS) is 17.2. The number of hydrogen-bond acceptors (Lipinski definition) is 5. The summed E-state index contributed by atoms with van der Waals surface area (Å²) in [6.45, 7) is 3.56. The number of halogens is 1. The first-order valence-corrected chi connectivity index (χ1v) is 9.02. The van der Waals surface area contributed by atoms with E-state index in [0.29, 0.717) is 11.0 Å². The number of thiazole rings is 1. The Bertz CT molecular complexity index is 668. The lowest BCUT2D eigenvalue weighted by molar-refractivity contribution is 0.186. The highest BCUT2D eigenvalue weighted by Crippen LogP contribution is 2.19. The minimum Gasteiger partial charge on any atom is -0.386 e. The molecule has 1 aliphatic heterocycles. The molecular weight excluding hydrogens is 346 g/mol. The molecule has 128 valence electrons. The van der Waals surface area contributed by atoms with Crippen LogP contribution >= 0.6 is 22.9 Å². The minimum atomic E-state index is -0.683. The molecule has 0 amide bonds. The number of aromatic nitrogens is 1. The molecule has 0 saturated carbocycles. The maximum Gasteiger partial charge on any atom is 0.191 e. The molecule has 2 heterocycles. The van der Waals surface area contributed by atoms with E-state index in [9.17, 15) is 5.11 Å². The van der Waals surface area contributed by atoms with Gasteiger partial charge < -0.3 is 20.6 Å². The summed E-state index contributed by atoms with van der Waals surface area (Å²) < 4.78 is 0. The van der Waals surface area contributed by atoms with Crippen LogP contribution in [0.3, 0.4) is 0 Å². The van der Waals surface area contributed by atoms with Crippen molar-refractivity contribution in [2.45, 2.75) is 6.10 Å². The van der Waals surface area contributed by atoms with Crippen molar-refractivity contribution >= 4 is 34.0 Å². The zero-order valence-electron chi connectivity index (χ0n) is 13.2. The maximum atomic E-state index is 10.2. The Morgan fingerprint density at radius 1 is 1.29 bits per heavy atom. The molecular formula is C16H20ClN5OS. The number of guanidine groups is 1. The molecule has 0 spiro atoms. The first kappa shape index (κ1) is 17.0. The van der Waals surface area contributed by atoms with E-state index in [0.717, 1.165) is 36.9 Å². The third kappa shape index (κ3) is 4.17. The third-order valence-electron chi connectivity index (χ3n) is 3.97. The van der Waals surface area contributed by atoms with Gasteiger partial charge in [-0.25, -0.2) is 4.98 Å². The van der Waals surface area contributed by atoms with Gasteiger partial charge in [0.1, 0.15) is 0 Å². The highest BCUT2D eigenvalue weighted by atomic mass is 35.5. The molecule has 0 bridgehead atoms. The fourth-order valence-corrected chi connectivity index (χ4v) is 3.39. The summed E-state index contributed by atoms with van der Waals surface area (Å²) in [5.74, 6) is 0.474. The molecule has 1 saturated heterocycles.